The number of rotatable bonds is 7. The molecule has 0 aliphatic heterocycles. The number of aliphatic imine (C=N–C) groups is 1. The van der Waals surface area contributed by atoms with Crippen LogP contribution >= 0.6 is 24.0 Å². The van der Waals surface area contributed by atoms with Crippen LogP contribution < -0.4 is 16.0 Å². The van der Waals surface area contributed by atoms with Crippen molar-refractivity contribution in [2.75, 3.05) is 26.7 Å². The summed E-state index contributed by atoms with van der Waals surface area (Å²) in [5, 5.41) is 9.32. The minimum atomic E-state index is -0.545. The Morgan fingerprint density at radius 1 is 1.23 bits per heavy atom. The van der Waals surface area contributed by atoms with Gasteiger partial charge in [-0.1, -0.05) is 18.2 Å². The van der Waals surface area contributed by atoms with Gasteiger partial charge in [0, 0.05) is 32.1 Å². The molecule has 7 heteroatoms. The van der Waals surface area contributed by atoms with Gasteiger partial charge >= 0.3 is 0 Å². The number of nitrogens with zero attached hydrogens (tertiary/aromatic N) is 1. The molecule has 1 aromatic carbocycles. The van der Waals surface area contributed by atoms with Gasteiger partial charge in [0.25, 0.3) is 0 Å². The van der Waals surface area contributed by atoms with E-state index in [0.29, 0.717) is 25.6 Å². The third kappa shape index (κ3) is 5.56. The Morgan fingerprint density at radius 2 is 1.88 bits per heavy atom. The fraction of sp³-hybridized carbons (Fsp3) is 0.579. The first-order chi connectivity index (χ1) is 11.8. The second-order valence-electron chi connectivity index (χ2n) is 7.28. The molecule has 0 saturated heterocycles. The first-order valence-electron chi connectivity index (χ1n) is 8.82. The predicted molar refractivity (Wildman–Crippen MR) is 115 cm³/mol. The van der Waals surface area contributed by atoms with Gasteiger partial charge in [-0.15, -0.1) is 24.0 Å². The normalized spacial score (nSPS) is 15.7. The van der Waals surface area contributed by atoms with Crippen molar-refractivity contribution in [3.63, 3.8) is 0 Å². The molecule has 3 N–H and O–H groups in total. The topological polar surface area (TPSA) is 65.5 Å². The zero-order chi connectivity index (χ0) is 18.5. The van der Waals surface area contributed by atoms with Gasteiger partial charge in [0.1, 0.15) is 5.82 Å². The predicted octanol–water partition coefficient (Wildman–Crippen LogP) is 2.80. The number of benzene rings is 1. The van der Waals surface area contributed by atoms with Crippen LogP contribution in [-0.4, -0.2) is 38.5 Å². The Balaban J connectivity index is 0.00000338. The van der Waals surface area contributed by atoms with E-state index in [-0.39, 0.29) is 41.1 Å². The zero-order valence-corrected chi connectivity index (χ0v) is 18.3. The van der Waals surface area contributed by atoms with Crippen LogP contribution in [0.15, 0.2) is 29.3 Å². The van der Waals surface area contributed by atoms with Crippen molar-refractivity contribution < 1.29 is 9.18 Å². The summed E-state index contributed by atoms with van der Waals surface area (Å²) in [6.45, 7) is 7.38. The minimum Gasteiger partial charge on any atom is -0.356 e. The molecular weight excluding hydrogens is 446 g/mol. The number of carbonyl (C=O) groups is 1. The molecule has 5 nitrogen and oxygen atoms in total. The fourth-order valence-corrected chi connectivity index (χ4v) is 2.84. The van der Waals surface area contributed by atoms with E-state index in [0.717, 1.165) is 18.4 Å². The fourth-order valence-electron chi connectivity index (χ4n) is 2.84. The molecule has 0 bridgehead atoms. The van der Waals surface area contributed by atoms with E-state index in [9.17, 15) is 9.18 Å². The second kappa shape index (κ2) is 9.53. The molecule has 1 saturated carbocycles. The number of guanidine groups is 1. The minimum absolute atomic E-state index is 0. The number of amides is 1. The van der Waals surface area contributed by atoms with E-state index in [1.807, 2.05) is 32.9 Å². The van der Waals surface area contributed by atoms with E-state index >= 15 is 0 Å². The van der Waals surface area contributed by atoms with Crippen LogP contribution in [0.4, 0.5) is 4.39 Å². The van der Waals surface area contributed by atoms with Crippen molar-refractivity contribution in [2.45, 2.75) is 39.0 Å². The Kier molecular flexibility index (Phi) is 8.30. The molecule has 0 radical (unpaired) electrons. The lowest BCUT2D eigenvalue weighted by molar-refractivity contribution is -0.128. The number of hydrogen-bond acceptors (Lipinski definition) is 2. The third-order valence-corrected chi connectivity index (χ3v) is 4.77. The maximum Gasteiger partial charge on any atom is 0.227 e. The highest BCUT2D eigenvalue weighted by molar-refractivity contribution is 14.0. The second-order valence-corrected chi connectivity index (χ2v) is 7.28. The van der Waals surface area contributed by atoms with Crippen molar-refractivity contribution in [1.29, 1.82) is 0 Å². The Bertz CT molecular complexity index is 644. The molecule has 0 spiro atoms. The number of hydrogen-bond donors (Lipinski definition) is 3. The lowest BCUT2D eigenvalue weighted by Gasteiger charge is -2.25. The number of halogens is 2. The largest absolute Gasteiger partial charge is 0.356 e. The molecule has 0 atom stereocenters. The quantitative estimate of drug-likeness (QED) is 0.322. The van der Waals surface area contributed by atoms with Crippen molar-refractivity contribution >= 4 is 35.8 Å². The number of carbonyl (C=O) groups excluding carboxylic acids is 1. The Labute approximate surface area is 172 Å². The highest BCUT2D eigenvalue weighted by Crippen LogP contribution is 2.48. The summed E-state index contributed by atoms with van der Waals surface area (Å²) >= 11 is 0. The highest BCUT2D eigenvalue weighted by atomic mass is 127. The molecule has 0 unspecified atom stereocenters. The summed E-state index contributed by atoms with van der Waals surface area (Å²) in [7, 11) is 1.69. The molecule has 1 aliphatic rings. The Hall–Kier alpha value is -1.38. The molecule has 1 aromatic rings. The molecule has 2 rings (SSSR count). The van der Waals surface area contributed by atoms with Crippen LogP contribution in [0, 0.1) is 11.2 Å². The zero-order valence-electron chi connectivity index (χ0n) is 16.0. The summed E-state index contributed by atoms with van der Waals surface area (Å²) in [5.41, 5.74) is 0.0646. The molecule has 1 amide bonds. The summed E-state index contributed by atoms with van der Waals surface area (Å²) in [4.78, 5) is 16.3. The molecule has 0 aromatic heterocycles. The van der Waals surface area contributed by atoms with Crippen molar-refractivity contribution in [2.24, 2.45) is 10.4 Å². The number of nitrogens with one attached hydrogen (secondary N) is 3. The molecule has 0 heterocycles. The summed E-state index contributed by atoms with van der Waals surface area (Å²) in [5.74, 6) is 0.477. The highest BCUT2D eigenvalue weighted by Gasteiger charge is 2.45. The van der Waals surface area contributed by atoms with Crippen LogP contribution in [-0.2, 0) is 10.2 Å². The first kappa shape index (κ1) is 22.7. The van der Waals surface area contributed by atoms with Gasteiger partial charge in [0.2, 0.25) is 5.91 Å². The van der Waals surface area contributed by atoms with Gasteiger partial charge in [-0.05, 0) is 45.2 Å². The van der Waals surface area contributed by atoms with Crippen LogP contribution in [0.3, 0.4) is 0 Å². The van der Waals surface area contributed by atoms with Crippen molar-refractivity contribution in [3.8, 4) is 0 Å². The summed E-state index contributed by atoms with van der Waals surface area (Å²) in [6.07, 6.45) is 1.92. The van der Waals surface area contributed by atoms with Crippen molar-refractivity contribution in [1.82, 2.24) is 16.0 Å². The lowest BCUT2D eigenvalue weighted by Crippen LogP contribution is -2.49. The summed E-state index contributed by atoms with van der Waals surface area (Å²) in [6, 6.07) is 6.96. The lowest BCUT2D eigenvalue weighted by atomic mass is 9.92. The molecule has 146 valence electrons. The smallest absolute Gasteiger partial charge is 0.227 e. The van der Waals surface area contributed by atoms with Crippen molar-refractivity contribution in [3.05, 3.63) is 35.6 Å². The third-order valence-electron chi connectivity index (χ3n) is 4.77. The summed E-state index contributed by atoms with van der Waals surface area (Å²) < 4.78 is 14.1. The van der Waals surface area contributed by atoms with Crippen LogP contribution in [0.5, 0.6) is 0 Å². The van der Waals surface area contributed by atoms with Crippen LogP contribution in [0.25, 0.3) is 0 Å². The first-order valence-corrected chi connectivity index (χ1v) is 8.82. The van der Waals surface area contributed by atoms with E-state index in [4.69, 9.17) is 0 Å². The van der Waals surface area contributed by atoms with Gasteiger partial charge in [-0.3, -0.25) is 9.79 Å². The van der Waals surface area contributed by atoms with Crippen LogP contribution in [0.2, 0.25) is 0 Å². The van der Waals surface area contributed by atoms with Gasteiger partial charge in [0.05, 0.1) is 5.41 Å². The van der Waals surface area contributed by atoms with Gasteiger partial charge in [-0.25, -0.2) is 4.39 Å². The van der Waals surface area contributed by atoms with Gasteiger partial charge in [-0.2, -0.15) is 0 Å². The average Bonchev–Trinajstić information content (AvgIpc) is 3.36. The molecule has 26 heavy (non-hydrogen) atoms. The van der Waals surface area contributed by atoms with E-state index in [2.05, 4.69) is 20.9 Å². The molecular formula is C19H30FIN4O. The molecule has 1 fully saturated rings. The SMILES string of the molecule is CCNC(=O)C(C)(C)CNC(=NC)NCC1(c2ccccc2F)CC1.I. The van der Waals surface area contributed by atoms with Gasteiger partial charge < -0.3 is 16.0 Å². The monoisotopic (exact) mass is 476 g/mol. The molecule has 1 aliphatic carbocycles. The maximum atomic E-state index is 14.1. The Morgan fingerprint density at radius 3 is 2.42 bits per heavy atom. The standard InChI is InChI=1S/C19H29FN4O.HI/c1-5-22-16(25)18(2,3)12-23-17(21-4)24-13-19(10-11-19)14-8-6-7-9-15(14)20;/h6-9H,5,10-13H2,1-4H3,(H,22,25)(H2,21,23,24);1H. The average molecular weight is 476 g/mol. The van der Waals surface area contributed by atoms with E-state index < -0.39 is 5.41 Å². The maximum absolute atomic E-state index is 14.1. The van der Waals surface area contributed by atoms with E-state index in [1.165, 1.54) is 6.07 Å². The van der Waals surface area contributed by atoms with Crippen LogP contribution in [0.1, 0.15) is 39.2 Å². The van der Waals surface area contributed by atoms with E-state index in [1.54, 1.807) is 13.1 Å². The van der Waals surface area contributed by atoms with Gasteiger partial charge in [0.15, 0.2) is 5.96 Å².